The second-order valence-electron chi connectivity index (χ2n) is 12.1. The molecule has 2 amide bonds. The highest BCUT2D eigenvalue weighted by molar-refractivity contribution is 6.34. The van der Waals surface area contributed by atoms with Crippen molar-refractivity contribution in [2.24, 2.45) is 20.5 Å². The Hall–Kier alpha value is -5.06. The van der Waals surface area contributed by atoms with E-state index >= 15 is 0 Å². The number of amides is 2. The van der Waals surface area contributed by atoms with Crippen LogP contribution in [0.3, 0.4) is 0 Å². The molecule has 0 radical (unpaired) electrons. The molecule has 270 valence electrons. The van der Waals surface area contributed by atoms with E-state index in [-0.39, 0.29) is 21.4 Å². The third-order valence-electron chi connectivity index (χ3n) is 8.53. The van der Waals surface area contributed by atoms with Gasteiger partial charge in [0.25, 0.3) is 11.8 Å². The third-order valence-corrected chi connectivity index (χ3v) is 9.13. The number of carbonyl (C=O) groups excluding carboxylic acids is 4. The first-order valence-electron chi connectivity index (χ1n) is 17.2. The van der Waals surface area contributed by atoms with Gasteiger partial charge in [-0.2, -0.15) is 20.5 Å². The molecule has 4 aromatic rings. The Morgan fingerprint density at radius 3 is 1.21 bits per heavy atom. The number of carbonyl (C=O) groups is 4. The maximum absolute atomic E-state index is 13.0. The number of nitrogens with zero attached hydrogens (tertiary/aromatic N) is 4. The quantitative estimate of drug-likeness (QED) is 0.0924. The fraction of sp³-hybridized carbons (Fsp3) is 0.300. The number of benzene rings is 4. The van der Waals surface area contributed by atoms with Crippen LogP contribution >= 0.6 is 23.2 Å². The van der Waals surface area contributed by atoms with Crippen molar-refractivity contribution >= 4 is 69.3 Å². The molecule has 2 atom stereocenters. The molecule has 4 rings (SSSR count). The van der Waals surface area contributed by atoms with Gasteiger partial charge < -0.3 is 10.6 Å². The van der Waals surface area contributed by atoms with Crippen LogP contribution in [0.1, 0.15) is 63.8 Å². The lowest BCUT2D eigenvalue weighted by Crippen LogP contribution is -2.31. The summed E-state index contributed by atoms with van der Waals surface area (Å²) in [6, 6.07) is 18.6. The first kappa shape index (κ1) is 39.7. The minimum absolute atomic E-state index is 0.234. The van der Waals surface area contributed by atoms with Gasteiger partial charge in [-0.3, -0.25) is 19.2 Å². The smallest absolute Gasteiger partial charge is 0.258 e. The minimum atomic E-state index is -1.36. The summed E-state index contributed by atoms with van der Waals surface area (Å²) < 4.78 is 0. The van der Waals surface area contributed by atoms with Crippen LogP contribution in [0.2, 0.25) is 10.0 Å². The number of ketones is 2. The molecule has 10 nitrogen and oxygen atoms in total. The highest BCUT2D eigenvalue weighted by Gasteiger charge is 2.25. The number of azo groups is 2. The normalized spacial score (nSPS) is 12.5. The van der Waals surface area contributed by atoms with Crippen LogP contribution in [-0.2, 0) is 44.9 Å². The van der Waals surface area contributed by atoms with Crippen molar-refractivity contribution in [2.75, 3.05) is 10.6 Å². The molecule has 0 heterocycles. The van der Waals surface area contributed by atoms with Gasteiger partial charge in [0.05, 0.1) is 10.0 Å². The maximum atomic E-state index is 13.0. The number of halogens is 2. The average Bonchev–Trinajstić information content (AvgIpc) is 3.12. The standard InChI is InChI=1S/C40H42Cl2N6O4/c1-7-25-11-15-31(19-27(25)9-3)43-39(51)37(23(5)49)47-45-35-17-13-29(21-33(35)41)30-14-18-36(34(42)22-30)46-48-38(24(6)50)40(52)44-32-16-12-26(8-2)28(10-4)20-32/h11-22,37-38H,7-10H2,1-6H3,(H,43,51)(H,44,52). The zero-order chi connectivity index (χ0) is 37.9. The van der Waals surface area contributed by atoms with Gasteiger partial charge in [0.15, 0.2) is 11.6 Å². The van der Waals surface area contributed by atoms with Crippen molar-refractivity contribution < 1.29 is 19.2 Å². The van der Waals surface area contributed by atoms with E-state index < -0.39 is 35.5 Å². The maximum Gasteiger partial charge on any atom is 0.258 e. The first-order valence-corrected chi connectivity index (χ1v) is 17.9. The molecule has 0 saturated carbocycles. The van der Waals surface area contributed by atoms with Crippen molar-refractivity contribution in [1.29, 1.82) is 0 Å². The van der Waals surface area contributed by atoms with Crippen molar-refractivity contribution in [3.05, 3.63) is 105 Å². The molecule has 0 bridgehead atoms. The van der Waals surface area contributed by atoms with Crippen molar-refractivity contribution in [3.63, 3.8) is 0 Å². The Balaban J connectivity index is 1.46. The molecular weight excluding hydrogens is 699 g/mol. The summed E-state index contributed by atoms with van der Waals surface area (Å²) in [5.74, 6) is -2.12. The van der Waals surface area contributed by atoms with E-state index in [1.807, 2.05) is 38.1 Å². The lowest BCUT2D eigenvalue weighted by Gasteiger charge is -2.13. The summed E-state index contributed by atoms with van der Waals surface area (Å²) in [4.78, 5) is 50.7. The molecule has 0 spiro atoms. The Morgan fingerprint density at radius 2 is 0.904 bits per heavy atom. The highest BCUT2D eigenvalue weighted by atomic mass is 35.5. The molecule has 0 saturated heterocycles. The van der Waals surface area contributed by atoms with E-state index in [1.54, 1.807) is 48.5 Å². The number of Topliss-reactive ketones (excluding diaryl/α,β-unsaturated/α-hetero) is 2. The molecule has 12 heteroatoms. The molecule has 0 aliphatic carbocycles. The summed E-state index contributed by atoms with van der Waals surface area (Å²) in [6.07, 6.45) is 3.39. The van der Waals surface area contributed by atoms with Gasteiger partial charge in [-0.15, -0.1) is 0 Å². The van der Waals surface area contributed by atoms with Crippen molar-refractivity contribution in [2.45, 2.75) is 79.3 Å². The minimum Gasteiger partial charge on any atom is -0.324 e. The number of anilines is 2. The Morgan fingerprint density at radius 1 is 0.538 bits per heavy atom. The third kappa shape index (κ3) is 10.0. The van der Waals surface area contributed by atoms with E-state index in [1.165, 1.54) is 25.0 Å². The van der Waals surface area contributed by atoms with Crippen molar-refractivity contribution in [1.82, 2.24) is 0 Å². The van der Waals surface area contributed by atoms with Crippen LogP contribution < -0.4 is 10.6 Å². The van der Waals surface area contributed by atoms with E-state index in [0.29, 0.717) is 22.5 Å². The number of rotatable bonds is 15. The Kier molecular flexibility index (Phi) is 14.1. The zero-order valence-electron chi connectivity index (χ0n) is 30.1. The molecule has 0 fully saturated rings. The van der Waals surface area contributed by atoms with E-state index in [4.69, 9.17) is 23.2 Å². The van der Waals surface area contributed by atoms with Crippen LogP contribution in [0.4, 0.5) is 22.7 Å². The lowest BCUT2D eigenvalue weighted by molar-refractivity contribution is -0.127. The zero-order valence-corrected chi connectivity index (χ0v) is 31.6. The van der Waals surface area contributed by atoms with Gasteiger partial charge >= 0.3 is 0 Å². The fourth-order valence-electron chi connectivity index (χ4n) is 5.59. The van der Waals surface area contributed by atoms with E-state index in [2.05, 4.69) is 44.9 Å². The molecular formula is C40H42Cl2N6O4. The second-order valence-corrected chi connectivity index (χ2v) is 13.0. The van der Waals surface area contributed by atoms with Gasteiger partial charge in [-0.25, -0.2) is 0 Å². The molecule has 2 N–H and O–H groups in total. The summed E-state index contributed by atoms with van der Waals surface area (Å²) in [7, 11) is 0. The lowest BCUT2D eigenvalue weighted by atomic mass is 10.0. The van der Waals surface area contributed by atoms with Crippen molar-refractivity contribution in [3.8, 4) is 11.1 Å². The Bertz CT molecular complexity index is 1900. The first-order chi connectivity index (χ1) is 24.9. The molecule has 52 heavy (non-hydrogen) atoms. The highest BCUT2D eigenvalue weighted by Crippen LogP contribution is 2.35. The largest absolute Gasteiger partial charge is 0.324 e. The predicted octanol–water partition coefficient (Wildman–Crippen LogP) is 10.3. The van der Waals surface area contributed by atoms with Crippen LogP contribution in [0.25, 0.3) is 11.1 Å². The van der Waals surface area contributed by atoms with E-state index in [0.717, 1.165) is 36.8 Å². The van der Waals surface area contributed by atoms with Crippen LogP contribution in [-0.4, -0.2) is 35.5 Å². The number of hydrogen-bond acceptors (Lipinski definition) is 8. The predicted molar refractivity (Wildman–Crippen MR) is 208 cm³/mol. The van der Waals surface area contributed by atoms with Gasteiger partial charge in [0.1, 0.15) is 11.4 Å². The number of hydrogen-bond donors (Lipinski definition) is 2. The van der Waals surface area contributed by atoms with Crippen LogP contribution in [0.15, 0.2) is 93.3 Å². The summed E-state index contributed by atoms with van der Waals surface area (Å²) in [5, 5.41) is 22.3. The topological polar surface area (TPSA) is 142 Å². The van der Waals surface area contributed by atoms with Crippen LogP contribution in [0.5, 0.6) is 0 Å². The molecule has 0 aliphatic rings. The fourth-order valence-corrected chi connectivity index (χ4v) is 6.03. The SMILES string of the molecule is CCc1ccc(NC(=O)C(N=Nc2ccc(-c3ccc(N=NC(C(C)=O)C(=O)Nc4ccc(CC)c(CC)c4)c(Cl)c3)cc2Cl)C(C)=O)cc1CC. The number of aryl methyl sites for hydroxylation is 4. The van der Waals surface area contributed by atoms with Gasteiger partial charge in [0, 0.05) is 11.4 Å². The van der Waals surface area contributed by atoms with Gasteiger partial charge in [-0.1, -0.05) is 75.2 Å². The monoisotopic (exact) mass is 740 g/mol. The second kappa shape index (κ2) is 18.4. The Labute approximate surface area is 314 Å². The summed E-state index contributed by atoms with van der Waals surface area (Å²) >= 11 is 13.1. The molecule has 4 aromatic carbocycles. The molecule has 2 unspecified atom stereocenters. The number of nitrogens with one attached hydrogen (secondary N) is 2. The molecule has 0 aliphatic heterocycles. The van der Waals surface area contributed by atoms with Gasteiger partial charge in [-0.05, 0) is 121 Å². The summed E-state index contributed by atoms with van der Waals surface area (Å²) in [5.41, 5.74) is 7.72. The average molecular weight is 742 g/mol. The van der Waals surface area contributed by atoms with Crippen LogP contribution in [0, 0.1) is 0 Å². The summed E-state index contributed by atoms with van der Waals surface area (Å²) in [6.45, 7) is 10.8. The van der Waals surface area contributed by atoms with E-state index in [9.17, 15) is 19.2 Å². The van der Waals surface area contributed by atoms with Gasteiger partial charge in [0.2, 0.25) is 12.1 Å². The molecule has 0 aromatic heterocycles.